The second kappa shape index (κ2) is 8.43. The molecule has 0 fully saturated rings. The van der Waals surface area contributed by atoms with E-state index >= 15 is 0 Å². The van der Waals surface area contributed by atoms with E-state index in [1.807, 2.05) is 0 Å². The first-order valence-corrected chi connectivity index (χ1v) is 6.74. The van der Waals surface area contributed by atoms with E-state index < -0.39 is 0 Å². The van der Waals surface area contributed by atoms with Crippen LogP contribution >= 0.6 is 11.6 Å². The Hall–Kier alpha value is -1.86. The molecule has 0 aliphatic carbocycles. The molecule has 0 aliphatic rings. The number of amides is 2. The molecule has 7 nitrogen and oxygen atoms in total. The number of aryl methyl sites for hydroxylation is 2. The molecule has 0 unspecified atom stereocenters. The molecule has 0 saturated carbocycles. The largest absolute Gasteiger partial charge is 0.383 e. The Bertz CT molecular complexity index is 540. The lowest BCUT2D eigenvalue weighted by molar-refractivity contribution is -0.124. The topological polar surface area (TPSA) is 85.2 Å². The van der Waals surface area contributed by atoms with Crippen molar-refractivity contribution >= 4 is 29.5 Å². The maximum Gasteiger partial charge on any atom is 0.244 e. The fourth-order valence-corrected chi connectivity index (χ4v) is 1.81. The average Bonchev–Trinajstić information content (AvgIpc) is 2.68. The standard InChI is InChI=1S/C13H19ClN4O3/c1-9-10(13(14)18(2)17-9)4-5-11(19)16-8-12(20)15-6-7-21-3/h4-5H,6-8H2,1-3H3,(H,15,20)(H,16,19)/b5-4+. The normalized spacial score (nSPS) is 10.9. The van der Waals surface area contributed by atoms with Crippen molar-refractivity contribution in [3.63, 3.8) is 0 Å². The first-order valence-electron chi connectivity index (χ1n) is 6.36. The molecule has 2 N–H and O–H groups in total. The smallest absolute Gasteiger partial charge is 0.244 e. The Labute approximate surface area is 128 Å². The first-order chi connectivity index (χ1) is 9.95. The molecule has 0 bridgehead atoms. The average molecular weight is 315 g/mol. The molecule has 0 radical (unpaired) electrons. The van der Waals surface area contributed by atoms with Crippen LogP contribution < -0.4 is 10.6 Å². The summed E-state index contributed by atoms with van der Waals surface area (Å²) in [6.07, 6.45) is 2.89. The van der Waals surface area contributed by atoms with Crippen LogP contribution in [-0.2, 0) is 21.4 Å². The Morgan fingerprint density at radius 3 is 2.71 bits per heavy atom. The van der Waals surface area contributed by atoms with Crippen LogP contribution in [0.5, 0.6) is 0 Å². The second-order valence-corrected chi connectivity index (χ2v) is 4.67. The van der Waals surface area contributed by atoms with Crippen molar-refractivity contribution in [1.82, 2.24) is 20.4 Å². The number of carbonyl (C=O) groups excluding carboxylic acids is 2. The van der Waals surface area contributed by atoms with Crippen LogP contribution in [-0.4, -0.2) is 48.4 Å². The maximum absolute atomic E-state index is 11.6. The number of methoxy groups -OCH3 is 1. The molecule has 0 aliphatic heterocycles. The van der Waals surface area contributed by atoms with Gasteiger partial charge in [-0.15, -0.1) is 0 Å². The van der Waals surface area contributed by atoms with Gasteiger partial charge in [-0.1, -0.05) is 11.6 Å². The van der Waals surface area contributed by atoms with E-state index in [4.69, 9.17) is 16.3 Å². The zero-order valence-corrected chi connectivity index (χ0v) is 13.0. The molecule has 2 amide bonds. The van der Waals surface area contributed by atoms with Crippen molar-refractivity contribution in [3.05, 3.63) is 22.5 Å². The number of rotatable bonds is 7. The van der Waals surface area contributed by atoms with Gasteiger partial charge in [0, 0.05) is 32.3 Å². The van der Waals surface area contributed by atoms with Gasteiger partial charge in [-0.25, -0.2) is 0 Å². The highest BCUT2D eigenvalue weighted by atomic mass is 35.5. The van der Waals surface area contributed by atoms with Crippen LogP contribution in [0.1, 0.15) is 11.3 Å². The summed E-state index contributed by atoms with van der Waals surface area (Å²) in [5.74, 6) is -0.652. The van der Waals surface area contributed by atoms with Crippen molar-refractivity contribution in [3.8, 4) is 0 Å². The third-order valence-electron chi connectivity index (χ3n) is 2.65. The van der Waals surface area contributed by atoms with Crippen molar-refractivity contribution in [2.24, 2.45) is 7.05 Å². The minimum Gasteiger partial charge on any atom is -0.383 e. The van der Waals surface area contributed by atoms with Crippen molar-refractivity contribution < 1.29 is 14.3 Å². The predicted octanol–water partition coefficient (Wildman–Crippen LogP) is 0.274. The van der Waals surface area contributed by atoms with Gasteiger partial charge in [-0.2, -0.15) is 5.10 Å². The molecule has 0 spiro atoms. The minimum atomic E-state index is -0.379. The number of nitrogens with zero attached hydrogens (tertiary/aromatic N) is 2. The Morgan fingerprint density at radius 1 is 1.43 bits per heavy atom. The fourth-order valence-electron chi connectivity index (χ4n) is 1.58. The van der Waals surface area contributed by atoms with Gasteiger partial charge < -0.3 is 15.4 Å². The molecular weight excluding hydrogens is 296 g/mol. The molecule has 0 saturated heterocycles. The Kier molecular flexibility index (Phi) is 6.90. The summed E-state index contributed by atoms with van der Waals surface area (Å²) in [7, 11) is 3.27. The number of carbonyl (C=O) groups is 2. The van der Waals surface area contributed by atoms with Gasteiger partial charge in [0.05, 0.1) is 18.8 Å². The molecule has 0 atom stereocenters. The van der Waals surface area contributed by atoms with Crippen LogP contribution in [0.2, 0.25) is 5.15 Å². The summed E-state index contributed by atoms with van der Waals surface area (Å²) in [6.45, 7) is 2.54. The van der Waals surface area contributed by atoms with E-state index in [9.17, 15) is 9.59 Å². The van der Waals surface area contributed by atoms with Crippen LogP contribution in [0, 0.1) is 6.92 Å². The highest BCUT2D eigenvalue weighted by molar-refractivity contribution is 6.31. The van der Waals surface area contributed by atoms with Crippen LogP contribution in [0.15, 0.2) is 6.08 Å². The van der Waals surface area contributed by atoms with Crippen LogP contribution in [0.25, 0.3) is 6.08 Å². The SMILES string of the molecule is COCCNC(=O)CNC(=O)/C=C/c1c(C)nn(C)c1Cl. The molecule has 8 heteroatoms. The fraction of sp³-hybridized carbons (Fsp3) is 0.462. The molecule has 1 aromatic heterocycles. The summed E-state index contributed by atoms with van der Waals surface area (Å²) in [5, 5.41) is 9.66. The van der Waals surface area contributed by atoms with E-state index in [0.29, 0.717) is 23.9 Å². The summed E-state index contributed by atoms with van der Waals surface area (Å²) >= 11 is 6.04. The third-order valence-corrected chi connectivity index (χ3v) is 3.10. The zero-order chi connectivity index (χ0) is 15.8. The number of aromatic nitrogens is 2. The van der Waals surface area contributed by atoms with Gasteiger partial charge >= 0.3 is 0 Å². The monoisotopic (exact) mass is 314 g/mol. The highest BCUT2D eigenvalue weighted by Gasteiger charge is 2.08. The molecule has 1 aromatic rings. The van der Waals surface area contributed by atoms with Gasteiger partial charge in [-0.05, 0) is 13.0 Å². The van der Waals surface area contributed by atoms with E-state index in [-0.39, 0.29) is 18.4 Å². The van der Waals surface area contributed by atoms with Crippen LogP contribution in [0.3, 0.4) is 0 Å². The molecule has 0 aromatic carbocycles. The van der Waals surface area contributed by atoms with Gasteiger partial charge in [0.15, 0.2) is 0 Å². The van der Waals surface area contributed by atoms with Gasteiger partial charge in [0.25, 0.3) is 0 Å². The van der Waals surface area contributed by atoms with Crippen molar-refractivity contribution in [1.29, 1.82) is 0 Å². The number of nitrogens with one attached hydrogen (secondary N) is 2. The summed E-state index contributed by atoms with van der Waals surface area (Å²) in [5.41, 5.74) is 1.41. The van der Waals surface area contributed by atoms with E-state index in [1.165, 1.54) is 10.8 Å². The van der Waals surface area contributed by atoms with E-state index in [2.05, 4.69) is 15.7 Å². The number of hydrogen-bond acceptors (Lipinski definition) is 4. The minimum absolute atomic E-state index is 0.0906. The quantitative estimate of drug-likeness (QED) is 0.559. The van der Waals surface area contributed by atoms with Gasteiger partial charge in [0.2, 0.25) is 11.8 Å². The molecular formula is C13H19ClN4O3. The molecule has 21 heavy (non-hydrogen) atoms. The lowest BCUT2D eigenvalue weighted by Crippen LogP contribution is -2.37. The van der Waals surface area contributed by atoms with E-state index in [0.717, 1.165) is 5.69 Å². The number of halogens is 1. The predicted molar refractivity (Wildman–Crippen MR) is 79.9 cm³/mol. The maximum atomic E-state index is 11.6. The summed E-state index contributed by atoms with van der Waals surface area (Å²) < 4.78 is 6.32. The lowest BCUT2D eigenvalue weighted by Gasteiger charge is -2.04. The number of hydrogen-bond donors (Lipinski definition) is 2. The van der Waals surface area contributed by atoms with Crippen LogP contribution in [0.4, 0.5) is 0 Å². The van der Waals surface area contributed by atoms with Crippen molar-refractivity contribution in [2.45, 2.75) is 6.92 Å². The van der Waals surface area contributed by atoms with E-state index in [1.54, 1.807) is 27.2 Å². The highest BCUT2D eigenvalue weighted by Crippen LogP contribution is 2.19. The zero-order valence-electron chi connectivity index (χ0n) is 12.3. The molecule has 1 rings (SSSR count). The third kappa shape index (κ3) is 5.57. The second-order valence-electron chi connectivity index (χ2n) is 4.31. The first kappa shape index (κ1) is 17.2. The summed E-state index contributed by atoms with van der Waals surface area (Å²) in [4.78, 5) is 23.0. The van der Waals surface area contributed by atoms with Gasteiger partial charge in [-0.3, -0.25) is 14.3 Å². The Balaban J connectivity index is 2.43. The molecule has 116 valence electrons. The van der Waals surface area contributed by atoms with Gasteiger partial charge in [0.1, 0.15) is 5.15 Å². The lowest BCUT2D eigenvalue weighted by atomic mass is 10.2. The van der Waals surface area contributed by atoms with Crippen molar-refractivity contribution in [2.75, 3.05) is 26.8 Å². The molecule has 1 heterocycles. The summed E-state index contributed by atoms with van der Waals surface area (Å²) in [6, 6.07) is 0. The number of ether oxygens (including phenoxy) is 1. The Morgan fingerprint density at radius 2 is 2.14 bits per heavy atom.